The molecule has 1 fully saturated rings. The van der Waals surface area contributed by atoms with Crippen LogP contribution in [0.15, 0.2) is 46.8 Å². The fourth-order valence-corrected chi connectivity index (χ4v) is 5.64. The van der Waals surface area contributed by atoms with Gasteiger partial charge in [0.05, 0.1) is 12.7 Å². The molecule has 3 atom stereocenters. The number of hydrogen-bond donors (Lipinski definition) is 1. The highest BCUT2D eigenvalue weighted by Crippen LogP contribution is 2.45. The SMILES string of the molecule is COC(=O)[C@H]1C(=O)C2=C(C[C@@H]1C)NC(C)=C(C(=O)OC1CCCCCC1)[C@@H]2c1ccc(Cl)cc1. The Morgan fingerprint density at radius 2 is 1.71 bits per heavy atom. The first-order valence-corrected chi connectivity index (χ1v) is 12.5. The van der Waals surface area contributed by atoms with Gasteiger partial charge in [0.15, 0.2) is 5.78 Å². The van der Waals surface area contributed by atoms with E-state index in [1.54, 1.807) is 12.1 Å². The molecule has 0 spiro atoms. The van der Waals surface area contributed by atoms with Gasteiger partial charge in [-0.25, -0.2) is 4.79 Å². The summed E-state index contributed by atoms with van der Waals surface area (Å²) in [4.78, 5) is 39.8. The average Bonchev–Trinajstić information content (AvgIpc) is 3.07. The van der Waals surface area contributed by atoms with Gasteiger partial charge in [0.25, 0.3) is 0 Å². The van der Waals surface area contributed by atoms with Crippen LogP contribution in [-0.4, -0.2) is 30.9 Å². The topological polar surface area (TPSA) is 81.7 Å². The number of allylic oxidation sites excluding steroid dienone is 3. The van der Waals surface area contributed by atoms with Crippen molar-refractivity contribution in [1.29, 1.82) is 0 Å². The van der Waals surface area contributed by atoms with E-state index in [0.29, 0.717) is 28.3 Å². The third-order valence-corrected chi connectivity index (χ3v) is 7.49. The number of hydrogen-bond acceptors (Lipinski definition) is 6. The Kier molecular flexibility index (Phi) is 7.46. The Balaban J connectivity index is 1.76. The van der Waals surface area contributed by atoms with Gasteiger partial charge in [0.1, 0.15) is 12.0 Å². The first kappa shape index (κ1) is 24.5. The second-order valence-corrected chi connectivity index (χ2v) is 10.0. The minimum Gasteiger partial charge on any atom is -0.468 e. The van der Waals surface area contributed by atoms with Crippen LogP contribution < -0.4 is 5.32 Å². The van der Waals surface area contributed by atoms with E-state index in [0.717, 1.165) is 49.8 Å². The number of carbonyl (C=O) groups is 3. The summed E-state index contributed by atoms with van der Waals surface area (Å²) in [6.45, 7) is 3.72. The smallest absolute Gasteiger partial charge is 0.337 e. The molecule has 1 N–H and O–H groups in total. The number of Topliss-reactive ketones (excluding diaryl/α,β-unsaturated/α-hetero) is 1. The minimum absolute atomic E-state index is 0.124. The van der Waals surface area contributed by atoms with Crippen molar-refractivity contribution < 1.29 is 23.9 Å². The van der Waals surface area contributed by atoms with E-state index < -0.39 is 23.8 Å². The van der Waals surface area contributed by atoms with Crippen LogP contribution >= 0.6 is 11.6 Å². The summed E-state index contributed by atoms with van der Waals surface area (Å²) >= 11 is 6.14. The zero-order valence-electron chi connectivity index (χ0n) is 20.0. The van der Waals surface area contributed by atoms with E-state index in [9.17, 15) is 14.4 Å². The van der Waals surface area contributed by atoms with E-state index >= 15 is 0 Å². The molecule has 7 heteroatoms. The van der Waals surface area contributed by atoms with E-state index in [1.165, 1.54) is 7.11 Å². The Labute approximate surface area is 205 Å². The molecule has 0 amide bonds. The molecule has 6 nitrogen and oxygen atoms in total. The predicted molar refractivity (Wildman–Crippen MR) is 129 cm³/mol. The molecule has 1 aromatic rings. The summed E-state index contributed by atoms with van der Waals surface area (Å²) in [5, 5.41) is 3.87. The summed E-state index contributed by atoms with van der Waals surface area (Å²) in [5.41, 5.74) is 3.04. The van der Waals surface area contributed by atoms with Crippen LogP contribution in [0.4, 0.5) is 0 Å². The Hall–Kier alpha value is -2.60. The van der Waals surface area contributed by atoms with Gasteiger partial charge < -0.3 is 14.8 Å². The number of nitrogens with one attached hydrogen (secondary N) is 1. The maximum Gasteiger partial charge on any atom is 0.337 e. The van der Waals surface area contributed by atoms with Gasteiger partial charge in [-0.15, -0.1) is 0 Å². The number of esters is 2. The van der Waals surface area contributed by atoms with E-state index in [-0.39, 0.29) is 17.8 Å². The van der Waals surface area contributed by atoms with E-state index in [4.69, 9.17) is 21.1 Å². The number of rotatable bonds is 4. The van der Waals surface area contributed by atoms with E-state index in [1.807, 2.05) is 26.0 Å². The number of dihydropyridines is 1. The molecule has 182 valence electrons. The van der Waals surface area contributed by atoms with Crippen molar-refractivity contribution in [2.45, 2.75) is 70.8 Å². The van der Waals surface area contributed by atoms with Gasteiger partial charge in [-0.1, -0.05) is 43.5 Å². The zero-order valence-corrected chi connectivity index (χ0v) is 20.7. The third-order valence-electron chi connectivity index (χ3n) is 7.24. The summed E-state index contributed by atoms with van der Waals surface area (Å²) in [6.07, 6.45) is 6.49. The highest BCUT2D eigenvalue weighted by atomic mass is 35.5. The molecule has 2 aliphatic carbocycles. The zero-order chi connectivity index (χ0) is 24.4. The third kappa shape index (κ3) is 4.78. The Bertz CT molecular complexity index is 1030. The molecule has 0 unspecified atom stereocenters. The van der Waals surface area contributed by atoms with Crippen molar-refractivity contribution in [3.8, 4) is 0 Å². The first-order valence-electron chi connectivity index (χ1n) is 12.1. The standard InChI is InChI=1S/C27H32ClNO5/c1-15-14-20-24(25(30)21(15)26(31)33-3)23(17-10-12-18(28)13-11-17)22(16(2)29-20)27(32)34-19-8-6-4-5-7-9-19/h10-13,15,19,21,23,29H,4-9,14H2,1-3H3/t15-,21+,23-/m0/s1. The minimum atomic E-state index is -0.905. The number of carbonyl (C=O) groups excluding carboxylic acids is 3. The normalized spacial score (nSPS) is 25.9. The largest absolute Gasteiger partial charge is 0.468 e. The van der Waals surface area contributed by atoms with Crippen molar-refractivity contribution in [3.63, 3.8) is 0 Å². The fourth-order valence-electron chi connectivity index (χ4n) is 5.51. The van der Waals surface area contributed by atoms with Gasteiger partial charge in [-0.3, -0.25) is 9.59 Å². The number of halogens is 1. The van der Waals surface area contributed by atoms with Crippen LogP contribution in [0, 0.1) is 11.8 Å². The molecule has 3 aliphatic rings. The lowest BCUT2D eigenvalue weighted by Gasteiger charge is -2.38. The van der Waals surface area contributed by atoms with Crippen LogP contribution in [0.25, 0.3) is 0 Å². The van der Waals surface area contributed by atoms with Crippen molar-refractivity contribution in [2.24, 2.45) is 11.8 Å². The second kappa shape index (κ2) is 10.3. The van der Waals surface area contributed by atoms with Crippen LogP contribution in [-0.2, 0) is 23.9 Å². The van der Waals surface area contributed by atoms with Crippen molar-refractivity contribution >= 4 is 29.3 Å². The number of ether oxygens (including phenoxy) is 2. The molecule has 0 bridgehead atoms. The number of benzene rings is 1. The van der Waals surface area contributed by atoms with Crippen molar-refractivity contribution in [2.75, 3.05) is 7.11 Å². The molecule has 34 heavy (non-hydrogen) atoms. The van der Waals surface area contributed by atoms with Crippen LogP contribution in [0.1, 0.15) is 70.3 Å². The molecule has 1 aliphatic heterocycles. The lowest BCUT2D eigenvalue weighted by atomic mass is 9.69. The molecular formula is C27H32ClNO5. The van der Waals surface area contributed by atoms with Crippen LogP contribution in [0.3, 0.4) is 0 Å². The lowest BCUT2D eigenvalue weighted by molar-refractivity contribution is -0.151. The van der Waals surface area contributed by atoms with E-state index in [2.05, 4.69) is 5.32 Å². The summed E-state index contributed by atoms with van der Waals surface area (Å²) in [7, 11) is 1.29. The summed E-state index contributed by atoms with van der Waals surface area (Å²) < 4.78 is 11.0. The molecule has 0 aromatic heterocycles. The highest BCUT2D eigenvalue weighted by molar-refractivity contribution is 6.30. The van der Waals surface area contributed by atoms with Gasteiger partial charge in [-0.05, 0) is 62.6 Å². The fraction of sp³-hybridized carbons (Fsp3) is 0.519. The maximum atomic E-state index is 13.7. The molecule has 1 aromatic carbocycles. The maximum absolute atomic E-state index is 13.7. The first-order chi connectivity index (χ1) is 16.3. The van der Waals surface area contributed by atoms with Crippen LogP contribution in [0.5, 0.6) is 0 Å². The lowest BCUT2D eigenvalue weighted by Crippen LogP contribution is -2.43. The molecule has 1 heterocycles. The van der Waals surface area contributed by atoms with Gasteiger partial charge in [0, 0.05) is 27.9 Å². The summed E-state index contributed by atoms with van der Waals surface area (Å²) in [6, 6.07) is 7.15. The average molecular weight is 486 g/mol. The van der Waals surface area contributed by atoms with Gasteiger partial charge in [-0.2, -0.15) is 0 Å². The number of methoxy groups -OCH3 is 1. The second-order valence-electron chi connectivity index (χ2n) is 9.61. The van der Waals surface area contributed by atoms with Gasteiger partial charge >= 0.3 is 11.9 Å². The monoisotopic (exact) mass is 485 g/mol. The molecule has 1 saturated carbocycles. The highest BCUT2D eigenvalue weighted by Gasteiger charge is 2.47. The number of ketones is 1. The van der Waals surface area contributed by atoms with Crippen LogP contribution in [0.2, 0.25) is 5.02 Å². The van der Waals surface area contributed by atoms with Gasteiger partial charge in [0.2, 0.25) is 0 Å². The van der Waals surface area contributed by atoms with Crippen molar-refractivity contribution in [3.05, 3.63) is 57.4 Å². The molecule has 0 saturated heterocycles. The molecular weight excluding hydrogens is 454 g/mol. The quantitative estimate of drug-likeness (QED) is 0.358. The Morgan fingerprint density at radius 1 is 1.06 bits per heavy atom. The van der Waals surface area contributed by atoms with Crippen molar-refractivity contribution in [1.82, 2.24) is 5.32 Å². The molecule has 0 radical (unpaired) electrons. The predicted octanol–water partition coefficient (Wildman–Crippen LogP) is 5.22. The Morgan fingerprint density at radius 3 is 2.32 bits per heavy atom. The summed E-state index contributed by atoms with van der Waals surface area (Å²) in [5.74, 6) is -3.03. The molecule has 4 rings (SSSR count).